The maximum atomic E-state index is 11.4. The van der Waals surface area contributed by atoms with Gasteiger partial charge in [0.05, 0.1) is 6.61 Å². The van der Waals surface area contributed by atoms with Crippen LogP contribution in [0, 0.1) is 0 Å². The lowest BCUT2D eigenvalue weighted by Gasteiger charge is -2.17. The second-order valence-corrected chi connectivity index (χ2v) is 4.46. The van der Waals surface area contributed by atoms with E-state index in [9.17, 15) is 4.79 Å². The van der Waals surface area contributed by atoms with E-state index >= 15 is 0 Å². The Labute approximate surface area is 104 Å². The summed E-state index contributed by atoms with van der Waals surface area (Å²) in [7, 11) is 0. The molecule has 0 spiro atoms. The van der Waals surface area contributed by atoms with Gasteiger partial charge < -0.3 is 15.5 Å². The highest BCUT2D eigenvalue weighted by Crippen LogP contribution is 2.29. The molecule has 0 radical (unpaired) electrons. The zero-order valence-corrected chi connectivity index (χ0v) is 9.90. The van der Waals surface area contributed by atoms with Gasteiger partial charge in [-0.3, -0.25) is 4.79 Å². The second-order valence-electron chi connectivity index (χ2n) is 4.46. The van der Waals surface area contributed by atoms with Crippen LogP contribution < -0.4 is 16.0 Å². The van der Waals surface area contributed by atoms with Gasteiger partial charge in [-0.1, -0.05) is 6.07 Å². The number of H-pyrrole nitrogens is 1. The fourth-order valence-electron chi connectivity index (χ4n) is 2.27. The normalized spacial score (nSPS) is 13.8. The molecule has 1 aromatic carbocycles. The molecule has 2 heterocycles. The van der Waals surface area contributed by atoms with Gasteiger partial charge in [0.1, 0.15) is 11.6 Å². The van der Waals surface area contributed by atoms with Gasteiger partial charge in [0, 0.05) is 6.07 Å². The van der Waals surface area contributed by atoms with Crippen molar-refractivity contribution in [1.82, 2.24) is 4.98 Å². The molecule has 2 aromatic rings. The van der Waals surface area contributed by atoms with Crippen LogP contribution in [0.15, 0.2) is 35.1 Å². The minimum absolute atomic E-state index is 0.182. The Bertz CT molecular complexity index is 646. The van der Waals surface area contributed by atoms with Gasteiger partial charge in [-0.05, 0) is 47.7 Å². The number of nitrogen functional groups attached to an aromatic ring is 1. The molecule has 92 valence electrons. The number of rotatable bonds is 1. The molecule has 1 aromatic heterocycles. The molecule has 1 aliphatic rings. The van der Waals surface area contributed by atoms with Crippen molar-refractivity contribution in [1.29, 1.82) is 0 Å². The predicted molar refractivity (Wildman–Crippen MR) is 70.7 cm³/mol. The van der Waals surface area contributed by atoms with Crippen LogP contribution in [0.2, 0.25) is 0 Å². The van der Waals surface area contributed by atoms with Gasteiger partial charge >= 0.3 is 0 Å². The first-order valence-electron chi connectivity index (χ1n) is 5.98. The molecule has 18 heavy (non-hydrogen) atoms. The highest BCUT2D eigenvalue weighted by atomic mass is 16.5. The SMILES string of the molecule is Nc1cc(-c2ccc3c(c2)CCCO3)cc(=O)[nH]1. The topological polar surface area (TPSA) is 68.1 Å². The Morgan fingerprint density at radius 1 is 1.17 bits per heavy atom. The quantitative estimate of drug-likeness (QED) is 0.803. The van der Waals surface area contributed by atoms with Crippen molar-refractivity contribution >= 4 is 5.82 Å². The summed E-state index contributed by atoms with van der Waals surface area (Å²) in [5.41, 5.74) is 8.50. The van der Waals surface area contributed by atoms with Crippen LogP contribution in [0.4, 0.5) is 5.82 Å². The maximum absolute atomic E-state index is 11.4. The van der Waals surface area contributed by atoms with Gasteiger partial charge in [-0.2, -0.15) is 0 Å². The second kappa shape index (κ2) is 4.22. The van der Waals surface area contributed by atoms with Crippen molar-refractivity contribution in [2.24, 2.45) is 0 Å². The summed E-state index contributed by atoms with van der Waals surface area (Å²) < 4.78 is 5.57. The number of nitrogens with one attached hydrogen (secondary N) is 1. The van der Waals surface area contributed by atoms with E-state index in [1.807, 2.05) is 12.1 Å². The van der Waals surface area contributed by atoms with Crippen molar-refractivity contribution in [2.75, 3.05) is 12.3 Å². The van der Waals surface area contributed by atoms with E-state index < -0.39 is 0 Å². The zero-order valence-electron chi connectivity index (χ0n) is 9.90. The number of aromatic amines is 1. The van der Waals surface area contributed by atoms with Crippen LogP contribution in [-0.2, 0) is 6.42 Å². The molecule has 4 heteroatoms. The number of aryl methyl sites for hydroxylation is 1. The van der Waals surface area contributed by atoms with Crippen molar-refractivity contribution in [2.45, 2.75) is 12.8 Å². The van der Waals surface area contributed by atoms with Crippen LogP contribution in [0.25, 0.3) is 11.1 Å². The lowest BCUT2D eigenvalue weighted by molar-refractivity contribution is 0.288. The number of fused-ring (bicyclic) bond motifs is 1. The van der Waals surface area contributed by atoms with Crippen LogP contribution in [0.1, 0.15) is 12.0 Å². The van der Waals surface area contributed by atoms with Gasteiger partial charge in [0.2, 0.25) is 5.56 Å². The van der Waals surface area contributed by atoms with E-state index in [0.29, 0.717) is 5.82 Å². The molecule has 0 fully saturated rings. The van der Waals surface area contributed by atoms with Crippen LogP contribution in [-0.4, -0.2) is 11.6 Å². The first-order valence-corrected chi connectivity index (χ1v) is 5.98. The first kappa shape index (κ1) is 10.9. The molecule has 0 bridgehead atoms. The monoisotopic (exact) mass is 242 g/mol. The summed E-state index contributed by atoms with van der Waals surface area (Å²) in [6.07, 6.45) is 2.05. The van der Waals surface area contributed by atoms with Crippen LogP contribution in [0.3, 0.4) is 0 Å². The third-order valence-electron chi connectivity index (χ3n) is 3.11. The Morgan fingerprint density at radius 3 is 2.89 bits per heavy atom. The number of ether oxygens (including phenoxy) is 1. The number of hydrogen-bond acceptors (Lipinski definition) is 3. The predicted octanol–water partition coefficient (Wildman–Crippen LogP) is 1.95. The lowest BCUT2D eigenvalue weighted by atomic mass is 9.99. The number of pyridine rings is 1. The average molecular weight is 242 g/mol. The molecule has 0 saturated heterocycles. The standard InChI is InChI=1S/C14H14N2O2/c15-13-7-11(8-14(17)16-13)9-3-4-12-10(6-9)2-1-5-18-12/h3-4,6-8H,1-2,5H2,(H3,15,16,17). The molecule has 0 atom stereocenters. The lowest BCUT2D eigenvalue weighted by Crippen LogP contribution is -2.09. The molecule has 3 N–H and O–H groups in total. The van der Waals surface area contributed by atoms with E-state index in [4.69, 9.17) is 10.5 Å². The number of aromatic nitrogens is 1. The molecule has 0 amide bonds. The maximum Gasteiger partial charge on any atom is 0.250 e. The van der Waals surface area contributed by atoms with E-state index in [1.54, 1.807) is 12.1 Å². The highest BCUT2D eigenvalue weighted by Gasteiger charge is 2.11. The fraction of sp³-hybridized carbons (Fsp3) is 0.214. The number of anilines is 1. The largest absolute Gasteiger partial charge is 0.493 e. The van der Waals surface area contributed by atoms with Gasteiger partial charge in [0.15, 0.2) is 0 Å². The summed E-state index contributed by atoms with van der Waals surface area (Å²) in [4.78, 5) is 14.0. The third-order valence-corrected chi connectivity index (χ3v) is 3.11. The summed E-state index contributed by atoms with van der Waals surface area (Å²) >= 11 is 0. The Hall–Kier alpha value is -2.23. The van der Waals surface area contributed by atoms with Gasteiger partial charge in [0.25, 0.3) is 0 Å². The molecule has 1 aliphatic heterocycles. The molecular formula is C14H14N2O2. The Balaban J connectivity index is 2.08. The molecule has 3 rings (SSSR count). The number of benzene rings is 1. The smallest absolute Gasteiger partial charge is 0.250 e. The summed E-state index contributed by atoms with van der Waals surface area (Å²) in [6.45, 7) is 0.782. The molecule has 0 saturated carbocycles. The van der Waals surface area contributed by atoms with E-state index in [-0.39, 0.29) is 5.56 Å². The van der Waals surface area contributed by atoms with E-state index in [2.05, 4.69) is 11.1 Å². The summed E-state index contributed by atoms with van der Waals surface area (Å²) in [5, 5.41) is 0. The minimum atomic E-state index is -0.182. The first-order chi connectivity index (χ1) is 8.72. The van der Waals surface area contributed by atoms with Crippen LogP contribution >= 0.6 is 0 Å². The van der Waals surface area contributed by atoms with Crippen LogP contribution in [0.5, 0.6) is 5.75 Å². The van der Waals surface area contributed by atoms with E-state index in [0.717, 1.165) is 36.3 Å². The molecular weight excluding hydrogens is 228 g/mol. The highest BCUT2D eigenvalue weighted by molar-refractivity contribution is 5.67. The van der Waals surface area contributed by atoms with Gasteiger partial charge in [-0.25, -0.2) is 0 Å². The number of nitrogens with two attached hydrogens (primary N) is 1. The molecule has 0 aliphatic carbocycles. The van der Waals surface area contributed by atoms with E-state index in [1.165, 1.54) is 5.56 Å². The van der Waals surface area contributed by atoms with Crippen molar-refractivity contribution in [3.8, 4) is 16.9 Å². The minimum Gasteiger partial charge on any atom is -0.493 e. The third kappa shape index (κ3) is 1.97. The molecule has 0 unspecified atom stereocenters. The number of hydrogen-bond donors (Lipinski definition) is 2. The fourth-order valence-corrected chi connectivity index (χ4v) is 2.27. The Morgan fingerprint density at radius 2 is 2.06 bits per heavy atom. The van der Waals surface area contributed by atoms with Crippen molar-refractivity contribution in [3.05, 3.63) is 46.2 Å². The molecule has 4 nitrogen and oxygen atoms in total. The summed E-state index contributed by atoms with van der Waals surface area (Å²) in [5.74, 6) is 1.33. The average Bonchev–Trinajstić information content (AvgIpc) is 2.37. The summed E-state index contributed by atoms with van der Waals surface area (Å²) in [6, 6.07) is 9.32. The zero-order chi connectivity index (χ0) is 12.5. The van der Waals surface area contributed by atoms with Gasteiger partial charge in [-0.15, -0.1) is 0 Å². The van der Waals surface area contributed by atoms with Crippen molar-refractivity contribution < 1.29 is 4.74 Å². The Kier molecular flexibility index (Phi) is 2.55. The van der Waals surface area contributed by atoms with Crippen molar-refractivity contribution in [3.63, 3.8) is 0 Å².